The molecule has 0 aliphatic carbocycles. The van der Waals surface area contributed by atoms with Gasteiger partial charge in [-0.1, -0.05) is 0 Å². The van der Waals surface area contributed by atoms with Gasteiger partial charge in [-0.3, -0.25) is 4.79 Å². The maximum Gasteiger partial charge on any atom is 0.323 e. The maximum absolute atomic E-state index is 10.7. The average Bonchev–Trinajstić information content (AvgIpc) is 2.34. The summed E-state index contributed by atoms with van der Waals surface area (Å²) < 4.78 is 4.88. The SMILES string of the molecule is COCCN(CC(=O)O)c1nccc(C#N)n1. The number of ether oxygens (including phenoxy) is 1. The standard InChI is InChI=1S/C10H12N4O3/c1-17-5-4-14(7-9(15)16)10-12-3-2-8(6-11)13-10/h2-3H,4-5,7H2,1H3,(H,15,16). The molecule has 0 aliphatic heterocycles. The van der Waals surface area contributed by atoms with Gasteiger partial charge in [-0.05, 0) is 6.07 Å². The first kappa shape index (κ1) is 12.9. The number of rotatable bonds is 6. The zero-order valence-electron chi connectivity index (χ0n) is 9.33. The molecule has 0 spiro atoms. The molecule has 0 saturated carbocycles. The Labute approximate surface area is 98.3 Å². The Morgan fingerprint density at radius 1 is 1.71 bits per heavy atom. The van der Waals surface area contributed by atoms with Gasteiger partial charge in [-0.2, -0.15) is 5.26 Å². The second-order valence-corrected chi connectivity index (χ2v) is 3.16. The quantitative estimate of drug-likeness (QED) is 0.735. The summed E-state index contributed by atoms with van der Waals surface area (Å²) in [4.78, 5) is 20.0. The van der Waals surface area contributed by atoms with Crippen LogP contribution in [0.25, 0.3) is 0 Å². The molecule has 0 aliphatic rings. The molecule has 0 aromatic carbocycles. The molecule has 7 nitrogen and oxygen atoms in total. The van der Waals surface area contributed by atoms with Crippen LogP contribution in [0.4, 0.5) is 5.95 Å². The summed E-state index contributed by atoms with van der Waals surface area (Å²) >= 11 is 0. The highest BCUT2D eigenvalue weighted by Gasteiger charge is 2.13. The summed E-state index contributed by atoms with van der Waals surface area (Å²) in [5.41, 5.74) is 0.197. The van der Waals surface area contributed by atoms with Crippen molar-refractivity contribution in [2.75, 3.05) is 31.7 Å². The van der Waals surface area contributed by atoms with Gasteiger partial charge in [0, 0.05) is 19.9 Å². The van der Waals surface area contributed by atoms with Crippen LogP contribution in [0.5, 0.6) is 0 Å². The molecule has 0 amide bonds. The molecule has 0 unspecified atom stereocenters. The van der Waals surface area contributed by atoms with Crippen molar-refractivity contribution >= 4 is 11.9 Å². The topological polar surface area (TPSA) is 99.3 Å². The molecule has 1 N–H and O–H groups in total. The number of nitrogens with zero attached hydrogens (tertiary/aromatic N) is 4. The van der Waals surface area contributed by atoms with Crippen molar-refractivity contribution in [3.8, 4) is 6.07 Å². The molecule has 17 heavy (non-hydrogen) atoms. The van der Waals surface area contributed by atoms with Gasteiger partial charge in [0.15, 0.2) is 0 Å². The van der Waals surface area contributed by atoms with Crippen molar-refractivity contribution in [3.05, 3.63) is 18.0 Å². The van der Waals surface area contributed by atoms with E-state index < -0.39 is 5.97 Å². The van der Waals surface area contributed by atoms with Crippen LogP contribution in [0, 0.1) is 11.3 Å². The zero-order valence-corrected chi connectivity index (χ0v) is 9.33. The van der Waals surface area contributed by atoms with Gasteiger partial charge in [0.1, 0.15) is 18.3 Å². The summed E-state index contributed by atoms with van der Waals surface area (Å²) in [5, 5.41) is 17.5. The monoisotopic (exact) mass is 236 g/mol. The van der Waals surface area contributed by atoms with Crippen LogP contribution < -0.4 is 4.90 Å². The Morgan fingerprint density at radius 2 is 2.47 bits per heavy atom. The van der Waals surface area contributed by atoms with E-state index in [1.165, 1.54) is 24.3 Å². The number of carbonyl (C=O) groups is 1. The van der Waals surface area contributed by atoms with Gasteiger partial charge in [-0.25, -0.2) is 9.97 Å². The number of methoxy groups -OCH3 is 1. The third kappa shape index (κ3) is 4.04. The van der Waals surface area contributed by atoms with Crippen LogP contribution in [0.1, 0.15) is 5.69 Å². The van der Waals surface area contributed by atoms with Crippen LogP contribution in [-0.4, -0.2) is 47.8 Å². The minimum Gasteiger partial charge on any atom is -0.480 e. The fourth-order valence-electron chi connectivity index (χ4n) is 1.18. The lowest BCUT2D eigenvalue weighted by Crippen LogP contribution is -2.34. The fraction of sp³-hybridized carbons (Fsp3) is 0.400. The number of aliphatic carboxylic acids is 1. The highest BCUT2D eigenvalue weighted by molar-refractivity contribution is 5.72. The Hall–Kier alpha value is -2.20. The number of carboxylic acids is 1. The first-order valence-corrected chi connectivity index (χ1v) is 4.86. The first-order valence-electron chi connectivity index (χ1n) is 4.86. The van der Waals surface area contributed by atoms with E-state index >= 15 is 0 Å². The van der Waals surface area contributed by atoms with Crippen LogP contribution in [0.2, 0.25) is 0 Å². The number of aromatic nitrogens is 2. The minimum atomic E-state index is -0.993. The summed E-state index contributed by atoms with van der Waals surface area (Å²) in [6, 6.07) is 3.33. The molecule has 1 heterocycles. The van der Waals surface area contributed by atoms with Crippen LogP contribution in [0.15, 0.2) is 12.3 Å². The maximum atomic E-state index is 10.7. The minimum absolute atomic E-state index is 0.197. The summed E-state index contributed by atoms with van der Waals surface area (Å²) in [6.07, 6.45) is 1.42. The number of nitriles is 1. The molecule has 0 bridgehead atoms. The van der Waals surface area contributed by atoms with E-state index in [1.54, 1.807) is 0 Å². The molecule has 90 valence electrons. The van der Waals surface area contributed by atoms with Gasteiger partial charge in [0.2, 0.25) is 5.95 Å². The van der Waals surface area contributed by atoms with E-state index in [2.05, 4.69) is 9.97 Å². The number of hydrogen-bond donors (Lipinski definition) is 1. The van der Waals surface area contributed by atoms with Gasteiger partial charge in [0.25, 0.3) is 0 Å². The molecule has 0 radical (unpaired) electrons. The molecule has 0 fully saturated rings. The Kier molecular flexibility index (Phi) is 4.84. The normalized spacial score (nSPS) is 9.65. The van der Waals surface area contributed by atoms with E-state index in [1.807, 2.05) is 6.07 Å². The van der Waals surface area contributed by atoms with E-state index in [0.717, 1.165) is 0 Å². The lowest BCUT2D eigenvalue weighted by atomic mass is 10.4. The summed E-state index contributed by atoms with van der Waals surface area (Å²) in [5.74, 6) is -0.782. The Bertz CT molecular complexity index is 430. The Morgan fingerprint density at radius 3 is 3.06 bits per heavy atom. The van der Waals surface area contributed by atoms with Crippen LogP contribution in [-0.2, 0) is 9.53 Å². The molecule has 0 saturated heterocycles. The first-order chi connectivity index (χ1) is 8.17. The number of hydrogen-bond acceptors (Lipinski definition) is 6. The molecule has 1 rings (SSSR count). The molecule has 1 aromatic rings. The largest absolute Gasteiger partial charge is 0.480 e. The third-order valence-corrected chi connectivity index (χ3v) is 1.93. The van der Waals surface area contributed by atoms with Crippen LogP contribution >= 0.6 is 0 Å². The zero-order chi connectivity index (χ0) is 12.7. The van der Waals surface area contributed by atoms with Gasteiger partial charge >= 0.3 is 5.97 Å². The third-order valence-electron chi connectivity index (χ3n) is 1.93. The molecular weight excluding hydrogens is 224 g/mol. The lowest BCUT2D eigenvalue weighted by molar-refractivity contribution is -0.135. The van der Waals surface area contributed by atoms with Crippen molar-refractivity contribution in [2.24, 2.45) is 0 Å². The molecular formula is C10H12N4O3. The van der Waals surface area contributed by atoms with Crippen LogP contribution in [0.3, 0.4) is 0 Å². The van der Waals surface area contributed by atoms with Crippen molar-refractivity contribution < 1.29 is 14.6 Å². The predicted molar refractivity (Wildman–Crippen MR) is 58.5 cm³/mol. The van der Waals surface area contributed by atoms with E-state index in [-0.39, 0.29) is 18.2 Å². The summed E-state index contributed by atoms with van der Waals surface area (Å²) in [7, 11) is 1.52. The lowest BCUT2D eigenvalue weighted by Gasteiger charge is -2.19. The molecule has 1 aromatic heterocycles. The average molecular weight is 236 g/mol. The second-order valence-electron chi connectivity index (χ2n) is 3.16. The van der Waals surface area contributed by atoms with E-state index in [9.17, 15) is 4.79 Å². The second kappa shape index (κ2) is 6.40. The predicted octanol–water partition coefficient (Wildman–Crippen LogP) is -0.114. The fourth-order valence-corrected chi connectivity index (χ4v) is 1.18. The number of anilines is 1. The number of carboxylic acid groups (broad SMARTS) is 1. The van der Waals surface area contributed by atoms with Crippen molar-refractivity contribution in [1.29, 1.82) is 5.26 Å². The van der Waals surface area contributed by atoms with Gasteiger partial charge < -0.3 is 14.7 Å². The van der Waals surface area contributed by atoms with E-state index in [4.69, 9.17) is 15.1 Å². The molecule has 0 atom stereocenters. The molecule has 7 heteroatoms. The van der Waals surface area contributed by atoms with Crippen molar-refractivity contribution in [2.45, 2.75) is 0 Å². The van der Waals surface area contributed by atoms with Gasteiger partial charge in [-0.15, -0.1) is 0 Å². The highest BCUT2D eigenvalue weighted by atomic mass is 16.5. The van der Waals surface area contributed by atoms with Gasteiger partial charge in [0.05, 0.1) is 6.61 Å². The van der Waals surface area contributed by atoms with E-state index in [0.29, 0.717) is 13.2 Å². The Balaban J connectivity index is 2.87. The smallest absolute Gasteiger partial charge is 0.323 e. The van der Waals surface area contributed by atoms with Crippen molar-refractivity contribution in [1.82, 2.24) is 9.97 Å². The van der Waals surface area contributed by atoms with Crippen molar-refractivity contribution in [3.63, 3.8) is 0 Å². The highest BCUT2D eigenvalue weighted by Crippen LogP contribution is 2.06. The summed E-state index contributed by atoms with van der Waals surface area (Å²) in [6.45, 7) is 0.462.